The molecule has 1 aliphatic heterocycles. The van der Waals surface area contributed by atoms with Crippen molar-refractivity contribution in [3.8, 4) is 6.07 Å². The van der Waals surface area contributed by atoms with Gasteiger partial charge in [0.05, 0.1) is 24.3 Å². The number of rotatable bonds is 2. The fourth-order valence-electron chi connectivity index (χ4n) is 2.18. The average Bonchev–Trinajstić information content (AvgIpc) is 2.86. The lowest BCUT2D eigenvalue weighted by Gasteiger charge is -2.23. The molecule has 1 aliphatic rings. The van der Waals surface area contributed by atoms with Crippen LogP contribution >= 0.6 is 0 Å². The van der Waals surface area contributed by atoms with Crippen molar-refractivity contribution in [3.63, 3.8) is 0 Å². The quantitative estimate of drug-likeness (QED) is 0.829. The SMILES string of the molecule is N#Cc1cccc(C(=O)N2CCC[C@@H]2CO)c1. The molecule has 1 saturated heterocycles. The van der Waals surface area contributed by atoms with Gasteiger partial charge in [-0.15, -0.1) is 0 Å². The van der Waals surface area contributed by atoms with Crippen molar-refractivity contribution in [3.05, 3.63) is 35.4 Å². The summed E-state index contributed by atoms with van der Waals surface area (Å²) < 4.78 is 0. The Kier molecular flexibility index (Phi) is 3.40. The van der Waals surface area contributed by atoms with Crippen LogP contribution in [-0.2, 0) is 0 Å². The zero-order valence-corrected chi connectivity index (χ0v) is 9.47. The second-order valence-corrected chi connectivity index (χ2v) is 4.17. The van der Waals surface area contributed by atoms with E-state index in [-0.39, 0.29) is 18.6 Å². The van der Waals surface area contributed by atoms with Crippen molar-refractivity contribution in [1.82, 2.24) is 4.90 Å². The van der Waals surface area contributed by atoms with Gasteiger partial charge in [-0.2, -0.15) is 5.26 Å². The molecule has 1 heterocycles. The number of nitrogens with zero attached hydrogens (tertiary/aromatic N) is 2. The molecule has 1 N–H and O–H groups in total. The molecule has 0 aliphatic carbocycles. The lowest BCUT2D eigenvalue weighted by Crippen LogP contribution is -2.37. The number of aliphatic hydroxyl groups is 1. The van der Waals surface area contributed by atoms with Crippen LogP contribution in [0.4, 0.5) is 0 Å². The second kappa shape index (κ2) is 4.98. The standard InChI is InChI=1S/C13H14N2O2/c14-8-10-3-1-4-11(7-10)13(17)15-6-2-5-12(15)9-16/h1,3-4,7,12,16H,2,5-6,9H2/t12-/m1/s1. The third kappa shape index (κ3) is 2.29. The van der Waals surface area contributed by atoms with E-state index < -0.39 is 0 Å². The Morgan fingerprint density at radius 3 is 3.12 bits per heavy atom. The van der Waals surface area contributed by atoms with Crippen molar-refractivity contribution >= 4 is 5.91 Å². The number of likely N-dealkylation sites (tertiary alicyclic amines) is 1. The van der Waals surface area contributed by atoms with Gasteiger partial charge in [-0.1, -0.05) is 6.07 Å². The van der Waals surface area contributed by atoms with E-state index in [2.05, 4.69) is 0 Å². The average molecular weight is 230 g/mol. The summed E-state index contributed by atoms with van der Waals surface area (Å²) in [6.07, 6.45) is 1.77. The van der Waals surface area contributed by atoms with Crippen molar-refractivity contribution < 1.29 is 9.90 Å². The minimum atomic E-state index is -0.0985. The molecule has 1 aromatic carbocycles. The molecule has 4 heteroatoms. The zero-order chi connectivity index (χ0) is 12.3. The summed E-state index contributed by atoms with van der Waals surface area (Å²) in [6.45, 7) is 0.685. The first kappa shape index (κ1) is 11.6. The molecule has 0 radical (unpaired) electrons. The first-order chi connectivity index (χ1) is 8.26. The maximum absolute atomic E-state index is 12.2. The fraction of sp³-hybridized carbons (Fsp3) is 0.385. The smallest absolute Gasteiger partial charge is 0.254 e. The normalized spacial score (nSPS) is 19.1. The minimum absolute atomic E-state index is 0.00365. The van der Waals surface area contributed by atoms with Gasteiger partial charge in [0, 0.05) is 12.1 Å². The van der Waals surface area contributed by atoms with Gasteiger partial charge in [-0.25, -0.2) is 0 Å². The van der Waals surface area contributed by atoms with Crippen LogP contribution in [0.3, 0.4) is 0 Å². The molecule has 0 unspecified atom stereocenters. The largest absolute Gasteiger partial charge is 0.394 e. The summed E-state index contributed by atoms with van der Waals surface area (Å²) in [5.74, 6) is -0.0985. The van der Waals surface area contributed by atoms with Crippen LogP contribution in [0.2, 0.25) is 0 Å². The van der Waals surface area contributed by atoms with Crippen LogP contribution in [0.15, 0.2) is 24.3 Å². The van der Waals surface area contributed by atoms with Gasteiger partial charge >= 0.3 is 0 Å². The molecular formula is C13H14N2O2. The van der Waals surface area contributed by atoms with Gasteiger partial charge in [-0.05, 0) is 31.0 Å². The molecule has 1 amide bonds. The molecule has 17 heavy (non-hydrogen) atoms. The van der Waals surface area contributed by atoms with Crippen LogP contribution in [0.25, 0.3) is 0 Å². The summed E-state index contributed by atoms with van der Waals surface area (Å²) in [4.78, 5) is 13.9. The first-order valence-electron chi connectivity index (χ1n) is 5.68. The topological polar surface area (TPSA) is 64.3 Å². The molecule has 0 bridgehead atoms. The number of hydrogen-bond acceptors (Lipinski definition) is 3. The van der Waals surface area contributed by atoms with Gasteiger partial charge < -0.3 is 10.0 Å². The number of carbonyl (C=O) groups excluding carboxylic acids is 1. The Hall–Kier alpha value is -1.86. The molecule has 1 aromatic rings. The highest BCUT2D eigenvalue weighted by atomic mass is 16.3. The Labute approximate surface area is 100 Å². The van der Waals surface area contributed by atoms with Crippen molar-refractivity contribution in [2.24, 2.45) is 0 Å². The van der Waals surface area contributed by atoms with Gasteiger partial charge in [-0.3, -0.25) is 4.79 Å². The molecule has 0 aromatic heterocycles. The fourth-order valence-corrected chi connectivity index (χ4v) is 2.18. The molecular weight excluding hydrogens is 216 g/mol. The van der Waals surface area contributed by atoms with Crippen LogP contribution in [0.5, 0.6) is 0 Å². The molecule has 2 rings (SSSR count). The van der Waals surface area contributed by atoms with Crippen LogP contribution in [0.1, 0.15) is 28.8 Å². The zero-order valence-electron chi connectivity index (χ0n) is 9.47. The molecule has 88 valence electrons. The van der Waals surface area contributed by atoms with E-state index in [0.29, 0.717) is 17.7 Å². The molecule has 1 fully saturated rings. The third-order valence-electron chi connectivity index (χ3n) is 3.09. The minimum Gasteiger partial charge on any atom is -0.394 e. The van der Waals surface area contributed by atoms with E-state index in [0.717, 1.165) is 12.8 Å². The Balaban J connectivity index is 2.22. The monoisotopic (exact) mass is 230 g/mol. The van der Waals surface area contributed by atoms with E-state index in [1.54, 1.807) is 29.2 Å². The number of amides is 1. The maximum atomic E-state index is 12.2. The summed E-state index contributed by atoms with van der Waals surface area (Å²) in [6, 6.07) is 8.61. The van der Waals surface area contributed by atoms with E-state index in [4.69, 9.17) is 5.26 Å². The highest BCUT2D eigenvalue weighted by Crippen LogP contribution is 2.20. The lowest BCUT2D eigenvalue weighted by atomic mass is 10.1. The summed E-state index contributed by atoms with van der Waals surface area (Å²) in [7, 11) is 0. The second-order valence-electron chi connectivity index (χ2n) is 4.17. The predicted molar refractivity (Wildman–Crippen MR) is 62.3 cm³/mol. The Morgan fingerprint density at radius 1 is 1.59 bits per heavy atom. The number of aliphatic hydroxyl groups excluding tert-OH is 1. The van der Waals surface area contributed by atoms with Crippen molar-refractivity contribution in [2.75, 3.05) is 13.2 Å². The van der Waals surface area contributed by atoms with Gasteiger partial charge in [0.2, 0.25) is 0 Å². The summed E-state index contributed by atoms with van der Waals surface area (Å²) >= 11 is 0. The highest BCUT2D eigenvalue weighted by molar-refractivity contribution is 5.95. The Bertz CT molecular complexity index is 465. The van der Waals surface area contributed by atoms with E-state index >= 15 is 0 Å². The summed E-state index contributed by atoms with van der Waals surface area (Å²) in [5, 5.41) is 18.0. The first-order valence-corrected chi connectivity index (χ1v) is 5.68. The van der Waals surface area contributed by atoms with Crippen molar-refractivity contribution in [1.29, 1.82) is 5.26 Å². The number of hydrogen-bond donors (Lipinski definition) is 1. The van der Waals surface area contributed by atoms with E-state index in [1.807, 2.05) is 6.07 Å². The number of nitriles is 1. The van der Waals surface area contributed by atoms with E-state index in [1.165, 1.54) is 0 Å². The van der Waals surface area contributed by atoms with Gasteiger partial charge in [0.25, 0.3) is 5.91 Å². The van der Waals surface area contributed by atoms with Gasteiger partial charge in [0.1, 0.15) is 0 Å². The van der Waals surface area contributed by atoms with Crippen LogP contribution < -0.4 is 0 Å². The van der Waals surface area contributed by atoms with Crippen molar-refractivity contribution in [2.45, 2.75) is 18.9 Å². The van der Waals surface area contributed by atoms with Crippen LogP contribution in [-0.4, -0.2) is 35.1 Å². The maximum Gasteiger partial charge on any atom is 0.254 e. The Morgan fingerprint density at radius 2 is 2.41 bits per heavy atom. The molecule has 1 atom stereocenters. The predicted octanol–water partition coefficient (Wildman–Crippen LogP) is 1.16. The third-order valence-corrected chi connectivity index (χ3v) is 3.09. The lowest BCUT2D eigenvalue weighted by molar-refractivity contribution is 0.0677. The molecule has 0 spiro atoms. The molecule has 0 saturated carbocycles. The highest BCUT2D eigenvalue weighted by Gasteiger charge is 2.28. The van der Waals surface area contributed by atoms with E-state index in [9.17, 15) is 9.90 Å². The van der Waals surface area contributed by atoms with Gasteiger partial charge in [0.15, 0.2) is 0 Å². The number of carbonyl (C=O) groups is 1. The summed E-state index contributed by atoms with van der Waals surface area (Å²) in [5.41, 5.74) is 1.000. The number of benzene rings is 1. The molecule has 4 nitrogen and oxygen atoms in total. The van der Waals surface area contributed by atoms with Crippen LogP contribution in [0, 0.1) is 11.3 Å².